The first-order valence-corrected chi connectivity index (χ1v) is 5.71. The summed E-state index contributed by atoms with van der Waals surface area (Å²) in [7, 11) is 1.45. The van der Waals surface area contributed by atoms with Crippen LogP contribution in [0.15, 0.2) is 12.1 Å². The van der Waals surface area contributed by atoms with Gasteiger partial charge in [-0.05, 0) is 6.42 Å². The lowest BCUT2D eigenvalue weighted by Crippen LogP contribution is -1.99. The third kappa shape index (κ3) is 3.66. The van der Waals surface area contributed by atoms with Crippen molar-refractivity contribution in [3.63, 3.8) is 0 Å². The third-order valence-electron chi connectivity index (χ3n) is 2.45. The molecule has 94 valence electrons. The zero-order chi connectivity index (χ0) is 12.7. The van der Waals surface area contributed by atoms with Gasteiger partial charge in [0.05, 0.1) is 19.3 Å². The second kappa shape index (κ2) is 6.78. The molecule has 1 aromatic carbocycles. The average Bonchev–Trinajstić information content (AvgIpc) is 2.34. The van der Waals surface area contributed by atoms with Crippen molar-refractivity contribution < 1.29 is 19.4 Å². The molecule has 0 saturated carbocycles. The van der Waals surface area contributed by atoms with Crippen molar-refractivity contribution in [2.45, 2.75) is 26.2 Å². The van der Waals surface area contributed by atoms with Crippen LogP contribution in [0.1, 0.15) is 36.5 Å². The number of unbranched alkanes of at least 4 members (excludes halogenated alkanes) is 2. The molecule has 1 N–H and O–H groups in total. The largest absolute Gasteiger partial charge is 0.507 e. The lowest BCUT2D eigenvalue weighted by atomic mass is 10.2. The summed E-state index contributed by atoms with van der Waals surface area (Å²) in [5.41, 5.74) is 0.147. The van der Waals surface area contributed by atoms with Gasteiger partial charge in [-0.3, -0.25) is 4.79 Å². The average molecular weight is 238 g/mol. The van der Waals surface area contributed by atoms with Crippen molar-refractivity contribution >= 4 is 6.29 Å². The lowest BCUT2D eigenvalue weighted by molar-refractivity contribution is 0.111. The van der Waals surface area contributed by atoms with E-state index in [-0.39, 0.29) is 11.3 Å². The molecule has 0 atom stereocenters. The zero-order valence-electron chi connectivity index (χ0n) is 10.2. The minimum absolute atomic E-state index is 0.121. The predicted molar refractivity (Wildman–Crippen MR) is 65.1 cm³/mol. The zero-order valence-corrected chi connectivity index (χ0v) is 10.2. The van der Waals surface area contributed by atoms with Crippen molar-refractivity contribution in [1.82, 2.24) is 0 Å². The molecule has 0 bridgehead atoms. The second-order valence-corrected chi connectivity index (χ2v) is 3.73. The summed E-state index contributed by atoms with van der Waals surface area (Å²) < 4.78 is 10.5. The Labute approximate surface area is 101 Å². The Kier molecular flexibility index (Phi) is 5.33. The fourth-order valence-electron chi connectivity index (χ4n) is 1.50. The summed E-state index contributed by atoms with van der Waals surface area (Å²) in [4.78, 5) is 10.7. The Morgan fingerprint density at radius 3 is 2.71 bits per heavy atom. The van der Waals surface area contributed by atoms with Gasteiger partial charge in [0, 0.05) is 12.1 Å². The van der Waals surface area contributed by atoms with Gasteiger partial charge in [0.2, 0.25) is 0 Å². The molecule has 0 fully saturated rings. The SMILES string of the molecule is CCCCCOc1cc(O)c(C=O)c(OC)c1. The summed E-state index contributed by atoms with van der Waals surface area (Å²) in [6.07, 6.45) is 3.77. The molecule has 0 amide bonds. The van der Waals surface area contributed by atoms with Gasteiger partial charge in [0.1, 0.15) is 17.2 Å². The summed E-state index contributed by atoms with van der Waals surface area (Å²) >= 11 is 0. The van der Waals surface area contributed by atoms with Gasteiger partial charge in [-0.2, -0.15) is 0 Å². The summed E-state index contributed by atoms with van der Waals surface area (Å²) in [6.45, 7) is 2.71. The van der Waals surface area contributed by atoms with Gasteiger partial charge in [0.25, 0.3) is 0 Å². The monoisotopic (exact) mass is 238 g/mol. The molecule has 0 saturated heterocycles. The quantitative estimate of drug-likeness (QED) is 0.586. The van der Waals surface area contributed by atoms with Gasteiger partial charge in [-0.25, -0.2) is 0 Å². The van der Waals surface area contributed by atoms with Gasteiger partial charge >= 0.3 is 0 Å². The highest BCUT2D eigenvalue weighted by Gasteiger charge is 2.10. The van der Waals surface area contributed by atoms with Crippen LogP contribution in [0.5, 0.6) is 17.2 Å². The number of aldehydes is 1. The van der Waals surface area contributed by atoms with Crippen LogP contribution >= 0.6 is 0 Å². The van der Waals surface area contributed by atoms with Crippen molar-refractivity contribution in [2.75, 3.05) is 13.7 Å². The molecular weight excluding hydrogens is 220 g/mol. The molecule has 4 heteroatoms. The number of carbonyl (C=O) groups excluding carboxylic acids is 1. The highest BCUT2D eigenvalue weighted by molar-refractivity contribution is 5.84. The number of rotatable bonds is 7. The van der Waals surface area contributed by atoms with Crippen LogP contribution in [-0.4, -0.2) is 25.1 Å². The molecule has 1 aromatic rings. The molecule has 1 rings (SSSR count). The Bertz CT molecular complexity index is 374. The molecule has 0 aliphatic heterocycles. The van der Waals surface area contributed by atoms with Gasteiger partial charge in [-0.1, -0.05) is 19.8 Å². The third-order valence-corrected chi connectivity index (χ3v) is 2.45. The standard InChI is InChI=1S/C13H18O4/c1-3-4-5-6-17-10-7-12(15)11(9-14)13(8-10)16-2/h7-9,15H,3-6H2,1-2H3. The topological polar surface area (TPSA) is 55.8 Å². The van der Waals surface area contributed by atoms with E-state index < -0.39 is 0 Å². The number of hydrogen-bond acceptors (Lipinski definition) is 4. The molecule has 4 nitrogen and oxygen atoms in total. The first-order valence-electron chi connectivity index (χ1n) is 5.71. The number of ether oxygens (including phenoxy) is 2. The molecule has 0 aliphatic carbocycles. The number of phenolic OH excluding ortho intramolecular Hbond substituents is 1. The van der Waals surface area contributed by atoms with Crippen LogP contribution in [0.2, 0.25) is 0 Å². The Balaban J connectivity index is 2.74. The maximum absolute atomic E-state index is 10.7. The van der Waals surface area contributed by atoms with Crippen LogP contribution in [-0.2, 0) is 0 Å². The molecule has 0 aromatic heterocycles. The van der Waals surface area contributed by atoms with E-state index in [4.69, 9.17) is 9.47 Å². The predicted octanol–water partition coefficient (Wildman–Crippen LogP) is 2.78. The Hall–Kier alpha value is -1.71. The van der Waals surface area contributed by atoms with E-state index in [1.54, 1.807) is 6.07 Å². The normalized spacial score (nSPS) is 10.0. The molecule has 17 heavy (non-hydrogen) atoms. The van der Waals surface area contributed by atoms with Crippen LogP contribution in [0, 0.1) is 0 Å². The minimum atomic E-state index is -0.121. The van der Waals surface area contributed by atoms with Crippen LogP contribution < -0.4 is 9.47 Å². The summed E-state index contributed by atoms with van der Waals surface area (Å²) in [5.74, 6) is 0.719. The molecule has 0 aliphatic rings. The van der Waals surface area contributed by atoms with Crippen molar-refractivity contribution in [3.8, 4) is 17.2 Å². The van der Waals surface area contributed by atoms with Crippen LogP contribution in [0.4, 0.5) is 0 Å². The first-order chi connectivity index (χ1) is 8.22. The highest BCUT2D eigenvalue weighted by Crippen LogP contribution is 2.31. The summed E-state index contributed by atoms with van der Waals surface area (Å²) in [5, 5.41) is 9.61. The van der Waals surface area contributed by atoms with E-state index >= 15 is 0 Å². The van der Waals surface area contributed by atoms with E-state index in [0.717, 1.165) is 19.3 Å². The van der Waals surface area contributed by atoms with E-state index in [2.05, 4.69) is 6.92 Å². The molecule has 0 radical (unpaired) electrons. The second-order valence-electron chi connectivity index (χ2n) is 3.73. The fraction of sp³-hybridized carbons (Fsp3) is 0.462. The number of carbonyl (C=O) groups is 1. The number of benzene rings is 1. The summed E-state index contributed by atoms with van der Waals surface area (Å²) in [6, 6.07) is 3.04. The number of aromatic hydroxyl groups is 1. The smallest absolute Gasteiger partial charge is 0.157 e. The van der Waals surface area contributed by atoms with E-state index in [1.165, 1.54) is 13.2 Å². The van der Waals surface area contributed by atoms with E-state index in [9.17, 15) is 9.90 Å². The van der Waals surface area contributed by atoms with Gasteiger partial charge in [0.15, 0.2) is 6.29 Å². The number of phenols is 1. The highest BCUT2D eigenvalue weighted by atomic mass is 16.5. The fourth-order valence-corrected chi connectivity index (χ4v) is 1.50. The maximum atomic E-state index is 10.7. The van der Waals surface area contributed by atoms with Crippen molar-refractivity contribution in [2.24, 2.45) is 0 Å². The number of methoxy groups -OCH3 is 1. The molecule has 0 heterocycles. The van der Waals surface area contributed by atoms with Crippen LogP contribution in [0.25, 0.3) is 0 Å². The van der Waals surface area contributed by atoms with Crippen molar-refractivity contribution in [3.05, 3.63) is 17.7 Å². The molecule has 0 spiro atoms. The Morgan fingerprint density at radius 2 is 2.12 bits per heavy atom. The number of hydrogen-bond donors (Lipinski definition) is 1. The van der Waals surface area contributed by atoms with Crippen LogP contribution in [0.3, 0.4) is 0 Å². The minimum Gasteiger partial charge on any atom is -0.507 e. The lowest BCUT2D eigenvalue weighted by Gasteiger charge is -2.10. The first kappa shape index (κ1) is 13.4. The Morgan fingerprint density at radius 1 is 1.35 bits per heavy atom. The molecule has 0 unspecified atom stereocenters. The molecular formula is C13H18O4. The van der Waals surface area contributed by atoms with Crippen molar-refractivity contribution in [1.29, 1.82) is 0 Å². The van der Waals surface area contributed by atoms with Gasteiger partial charge < -0.3 is 14.6 Å². The van der Waals surface area contributed by atoms with Gasteiger partial charge in [-0.15, -0.1) is 0 Å². The van der Waals surface area contributed by atoms with E-state index in [1.807, 2.05) is 0 Å². The van der Waals surface area contributed by atoms with E-state index in [0.29, 0.717) is 24.4 Å². The maximum Gasteiger partial charge on any atom is 0.157 e.